The van der Waals surface area contributed by atoms with E-state index >= 15 is 0 Å². The van der Waals surface area contributed by atoms with Gasteiger partial charge in [-0.05, 0) is 60.4 Å². The molecule has 0 atom stereocenters. The Morgan fingerprint density at radius 2 is 1.92 bits per heavy atom. The summed E-state index contributed by atoms with van der Waals surface area (Å²) in [5.74, 6) is 1.28. The number of fused-ring (bicyclic) bond motifs is 1. The van der Waals surface area contributed by atoms with E-state index in [1.807, 2.05) is 18.2 Å². The zero-order chi connectivity index (χ0) is 25.8. The summed E-state index contributed by atoms with van der Waals surface area (Å²) in [6, 6.07) is 16.9. The Balaban J connectivity index is 1.48. The van der Waals surface area contributed by atoms with E-state index in [4.69, 9.17) is 26.1 Å². The highest BCUT2D eigenvalue weighted by atomic mass is 35.5. The molecular formula is C29H27ClFN3O3. The molecule has 1 aliphatic rings. The minimum atomic E-state index is -0.336. The maximum atomic E-state index is 13.5. The first-order chi connectivity index (χ1) is 18.0. The normalized spacial score (nSPS) is 14.4. The first-order valence-corrected chi connectivity index (χ1v) is 12.7. The molecule has 0 bridgehead atoms. The van der Waals surface area contributed by atoms with Crippen LogP contribution < -0.4 is 15.0 Å². The minimum Gasteiger partial charge on any atom is -0.493 e. The molecule has 6 nitrogen and oxygen atoms in total. The molecule has 0 saturated heterocycles. The lowest BCUT2D eigenvalue weighted by Gasteiger charge is -2.22. The molecule has 37 heavy (non-hydrogen) atoms. The van der Waals surface area contributed by atoms with Crippen molar-refractivity contribution in [3.05, 3.63) is 98.8 Å². The molecule has 0 N–H and O–H groups in total. The van der Waals surface area contributed by atoms with Gasteiger partial charge in [0, 0.05) is 5.92 Å². The largest absolute Gasteiger partial charge is 0.493 e. The van der Waals surface area contributed by atoms with Crippen LogP contribution in [-0.2, 0) is 6.61 Å². The summed E-state index contributed by atoms with van der Waals surface area (Å²) >= 11 is 6.53. The van der Waals surface area contributed by atoms with E-state index in [9.17, 15) is 9.18 Å². The third kappa shape index (κ3) is 5.52. The molecule has 0 aliphatic heterocycles. The van der Waals surface area contributed by atoms with E-state index in [1.165, 1.54) is 30.3 Å². The molecule has 1 heterocycles. The average molecular weight is 520 g/mol. The van der Waals surface area contributed by atoms with Crippen molar-refractivity contribution in [2.24, 2.45) is 5.10 Å². The van der Waals surface area contributed by atoms with Gasteiger partial charge in [-0.15, -0.1) is 0 Å². The maximum Gasteiger partial charge on any atom is 0.282 e. The van der Waals surface area contributed by atoms with Crippen molar-refractivity contribution in [2.45, 2.75) is 44.6 Å². The number of benzene rings is 3. The zero-order valence-electron chi connectivity index (χ0n) is 20.5. The maximum absolute atomic E-state index is 13.5. The van der Waals surface area contributed by atoms with Gasteiger partial charge in [0.1, 0.15) is 18.2 Å². The van der Waals surface area contributed by atoms with Gasteiger partial charge in [-0.2, -0.15) is 9.78 Å². The Labute approximate surface area is 219 Å². The van der Waals surface area contributed by atoms with E-state index < -0.39 is 0 Å². The number of methoxy groups -OCH3 is 1. The second-order valence-electron chi connectivity index (χ2n) is 9.14. The molecule has 0 radical (unpaired) electrons. The SMILES string of the molecule is COc1cc(C=Nn2c(C3CCCCC3)nc3ccccc3c2=O)cc(Cl)c1OCc1cccc(F)c1. The summed E-state index contributed by atoms with van der Waals surface area (Å²) in [4.78, 5) is 18.3. The smallest absolute Gasteiger partial charge is 0.282 e. The average Bonchev–Trinajstić information content (AvgIpc) is 2.92. The standard InChI is InChI=1S/C29H27ClFN3O3/c1-36-26-16-20(15-24(30)27(26)37-18-19-8-7-11-22(31)14-19)17-32-34-28(21-9-3-2-4-10-21)33-25-13-6-5-12-23(25)29(34)35/h5-8,11-17,21H,2-4,9-10,18H2,1H3. The molecule has 5 rings (SSSR count). The number of rotatable bonds is 7. The lowest BCUT2D eigenvalue weighted by Crippen LogP contribution is -2.25. The van der Waals surface area contributed by atoms with Crippen LogP contribution in [0.2, 0.25) is 5.02 Å². The van der Waals surface area contributed by atoms with Crippen LogP contribution in [0, 0.1) is 5.82 Å². The monoisotopic (exact) mass is 519 g/mol. The summed E-state index contributed by atoms with van der Waals surface area (Å²) in [7, 11) is 1.51. The van der Waals surface area contributed by atoms with E-state index in [1.54, 1.807) is 36.5 Å². The molecule has 0 amide bonds. The Bertz CT molecular complexity index is 1510. The van der Waals surface area contributed by atoms with Gasteiger partial charge < -0.3 is 9.47 Å². The Kier molecular flexibility index (Phi) is 7.51. The van der Waals surface area contributed by atoms with E-state index in [0.717, 1.165) is 25.7 Å². The third-order valence-corrected chi connectivity index (χ3v) is 6.88. The summed E-state index contributed by atoms with van der Waals surface area (Å²) in [5, 5.41) is 5.41. The first kappa shape index (κ1) is 25.0. The first-order valence-electron chi connectivity index (χ1n) is 12.3. The zero-order valence-corrected chi connectivity index (χ0v) is 21.2. The predicted octanol–water partition coefficient (Wildman–Crippen LogP) is 6.71. The summed E-state index contributed by atoms with van der Waals surface area (Å²) in [6.07, 6.45) is 6.97. The second-order valence-corrected chi connectivity index (χ2v) is 9.54. The molecule has 8 heteroatoms. The van der Waals surface area contributed by atoms with Crippen LogP contribution in [-0.4, -0.2) is 23.0 Å². The summed E-state index contributed by atoms with van der Waals surface area (Å²) in [5.41, 5.74) is 1.79. The highest BCUT2D eigenvalue weighted by Crippen LogP contribution is 2.37. The molecule has 4 aromatic rings. The van der Waals surface area contributed by atoms with Crippen molar-refractivity contribution < 1.29 is 13.9 Å². The van der Waals surface area contributed by atoms with Crippen molar-refractivity contribution in [1.82, 2.24) is 9.66 Å². The van der Waals surface area contributed by atoms with E-state index in [0.29, 0.717) is 44.4 Å². The van der Waals surface area contributed by atoms with Crippen LogP contribution in [0.3, 0.4) is 0 Å². The topological polar surface area (TPSA) is 65.7 Å². The lowest BCUT2D eigenvalue weighted by atomic mass is 9.88. The molecule has 1 saturated carbocycles. The van der Waals surface area contributed by atoms with Crippen molar-refractivity contribution >= 4 is 28.7 Å². The fourth-order valence-corrected chi connectivity index (χ4v) is 5.01. The van der Waals surface area contributed by atoms with E-state index in [-0.39, 0.29) is 23.9 Å². The number of halogens is 2. The van der Waals surface area contributed by atoms with Gasteiger partial charge in [0.05, 0.1) is 29.2 Å². The van der Waals surface area contributed by atoms with E-state index in [2.05, 4.69) is 5.10 Å². The molecule has 190 valence electrons. The number of hydrogen-bond acceptors (Lipinski definition) is 5. The van der Waals surface area contributed by atoms with Crippen molar-refractivity contribution in [3.63, 3.8) is 0 Å². The van der Waals surface area contributed by atoms with Crippen LogP contribution in [0.5, 0.6) is 11.5 Å². The summed E-state index contributed by atoms with van der Waals surface area (Å²) in [6.45, 7) is 0.129. The van der Waals surface area contributed by atoms with Crippen molar-refractivity contribution in [2.75, 3.05) is 7.11 Å². The van der Waals surface area contributed by atoms with Crippen molar-refractivity contribution in [1.29, 1.82) is 0 Å². The highest BCUT2D eigenvalue weighted by Gasteiger charge is 2.22. The van der Waals surface area contributed by atoms with Crippen LogP contribution in [0.4, 0.5) is 4.39 Å². The predicted molar refractivity (Wildman–Crippen MR) is 144 cm³/mol. The number of nitrogens with zero attached hydrogens (tertiary/aromatic N) is 3. The molecule has 1 aliphatic carbocycles. The van der Waals surface area contributed by atoms with Gasteiger partial charge >= 0.3 is 0 Å². The molecular weight excluding hydrogens is 493 g/mol. The third-order valence-electron chi connectivity index (χ3n) is 6.60. The number of ether oxygens (including phenoxy) is 2. The molecule has 0 unspecified atom stereocenters. The van der Waals surface area contributed by atoms with Crippen molar-refractivity contribution in [3.8, 4) is 11.5 Å². The van der Waals surface area contributed by atoms with Gasteiger partial charge in [-0.3, -0.25) is 4.79 Å². The fraction of sp³-hybridized carbons (Fsp3) is 0.276. The fourth-order valence-electron chi connectivity index (χ4n) is 4.74. The lowest BCUT2D eigenvalue weighted by molar-refractivity contribution is 0.284. The van der Waals surface area contributed by atoms with Crippen LogP contribution >= 0.6 is 11.6 Å². The summed E-state index contributed by atoms with van der Waals surface area (Å²) < 4.78 is 26.3. The second kappa shape index (κ2) is 11.1. The molecule has 0 spiro atoms. The Morgan fingerprint density at radius 1 is 1.11 bits per heavy atom. The van der Waals surface area contributed by atoms with Gasteiger partial charge in [-0.1, -0.05) is 55.1 Å². The highest BCUT2D eigenvalue weighted by molar-refractivity contribution is 6.32. The van der Waals surface area contributed by atoms with Crippen LogP contribution in [0.15, 0.2) is 70.6 Å². The van der Waals surface area contributed by atoms with Gasteiger partial charge in [0.25, 0.3) is 5.56 Å². The number of aromatic nitrogens is 2. The quantitative estimate of drug-likeness (QED) is 0.255. The van der Waals surface area contributed by atoms with Gasteiger partial charge in [0.2, 0.25) is 0 Å². The van der Waals surface area contributed by atoms with Gasteiger partial charge in [0.15, 0.2) is 11.5 Å². The van der Waals surface area contributed by atoms with Crippen LogP contribution in [0.25, 0.3) is 10.9 Å². The molecule has 1 fully saturated rings. The van der Waals surface area contributed by atoms with Crippen LogP contribution in [0.1, 0.15) is 55.0 Å². The minimum absolute atomic E-state index is 0.129. The molecule has 1 aromatic heterocycles. The Morgan fingerprint density at radius 3 is 2.70 bits per heavy atom. The van der Waals surface area contributed by atoms with Gasteiger partial charge in [-0.25, -0.2) is 9.37 Å². The Hall–Kier alpha value is -3.71. The molecule has 3 aromatic carbocycles. The number of hydrogen-bond donors (Lipinski definition) is 0. The number of para-hydroxylation sites is 1.